The van der Waals surface area contributed by atoms with Gasteiger partial charge >= 0.3 is 5.97 Å². The summed E-state index contributed by atoms with van der Waals surface area (Å²) in [5, 5.41) is 20.4. The van der Waals surface area contributed by atoms with Gasteiger partial charge < -0.3 is 20.3 Å². The third kappa shape index (κ3) is 4.12. The van der Waals surface area contributed by atoms with Gasteiger partial charge in [0.25, 0.3) is 0 Å². The number of nitrogens with zero attached hydrogens (tertiary/aromatic N) is 5. The Labute approximate surface area is 191 Å². The highest BCUT2D eigenvalue weighted by Crippen LogP contribution is 2.34. The first-order valence-electron chi connectivity index (χ1n) is 10.2. The molecule has 0 spiro atoms. The van der Waals surface area contributed by atoms with E-state index in [9.17, 15) is 9.59 Å². The van der Waals surface area contributed by atoms with Crippen LogP contribution in [0.3, 0.4) is 0 Å². The Morgan fingerprint density at radius 1 is 1.18 bits per heavy atom. The number of carboxylic acids is 1. The van der Waals surface area contributed by atoms with Crippen LogP contribution in [0.1, 0.15) is 34.1 Å². The number of fused-ring (bicyclic) bond motifs is 1. The predicted molar refractivity (Wildman–Crippen MR) is 120 cm³/mol. The van der Waals surface area contributed by atoms with Gasteiger partial charge in [-0.3, -0.25) is 4.79 Å². The molecule has 3 N–H and O–H groups in total. The van der Waals surface area contributed by atoms with Crippen LogP contribution in [-0.2, 0) is 4.79 Å². The lowest BCUT2D eigenvalue weighted by atomic mass is 9.79. The summed E-state index contributed by atoms with van der Waals surface area (Å²) in [6.45, 7) is 3.34. The lowest BCUT2D eigenvalue weighted by Crippen LogP contribution is -2.42. The number of benzene rings is 1. The van der Waals surface area contributed by atoms with Crippen molar-refractivity contribution in [2.45, 2.75) is 32.7 Å². The van der Waals surface area contributed by atoms with Crippen LogP contribution in [0.2, 0.25) is 0 Å². The Hall–Kier alpha value is -3.93. The Morgan fingerprint density at radius 2 is 2.00 bits per heavy atom. The summed E-state index contributed by atoms with van der Waals surface area (Å²) in [7, 11) is 0. The number of hydrogen-bond donors (Lipinski definition) is 3. The second-order valence-corrected chi connectivity index (χ2v) is 8.83. The average Bonchev–Trinajstić information content (AvgIpc) is 3.35. The van der Waals surface area contributed by atoms with Crippen molar-refractivity contribution in [2.24, 2.45) is 5.92 Å². The minimum atomic E-state index is -1.05. The molecule has 1 saturated carbocycles. The van der Waals surface area contributed by atoms with Crippen molar-refractivity contribution >= 4 is 45.1 Å². The molecule has 12 heteroatoms. The summed E-state index contributed by atoms with van der Waals surface area (Å²) in [4.78, 5) is 40.9. The highest BCUT2D eigenvalue weighted by atomic mass is 32.1. The Balaban J connectivity index is 1.25. The van der Waals surface area contributed by atoms with Crippen molar-refractivity contribution in [2.75, 3.05) is 10.6 Å². The number of hydrogen-bond acceptors (Lipinski definition) is 10. The van der Waals surface area contributed by atoms with E-state index in [1.807, 2.05) is 18.2 Å². The fourth-order valence-electron chi connectivity index (χ4n) is 3.73. The minimum absolute atomic E-state index is 0.0718. The molecule has 1 aromatic carbocycles. The standard InChI is InChI=1S/C21H19N7O4S/c1-9-16(20(30)31)33-21(24-9)27-19(29)12-5-13(6-12)26-18-14-7-11(17-25-10(2)32-28-17)3-4-15(14)22-8-23-18/h3-4,7-8,12-13H,5-6H2,1-2H3,(H,30,31)(H,22,23,26)(H,24,27,29). The molecule has 33 heavy (non-hydrogen) atoms. The van der Waals surface area contributed by atoms with Crippen molar-refractivity contribution in [1.29, 1.82) is 0 Å². The van der Waals surface area contributed by atoms with Crippen LogP contribution < -0.4 is 10.6 Å². The summed E-state index contributed by atoms with van der Waals surface area (Å²) >= 11 is 0.962. The van der Waals surface area contributed by atoms with Crippen LogP contribution in [0.25, 0.3) is 22.3 Å². The van der Waals surface area contributed by atoms with Gasteiger partial charge in [0.05, 0.1) is 11.2 Å². The fraction of sp³-hybridized carbons (Fsp3) is 0.286. The molecule has 1 fully saturated rings. The van der Waals surface area contributed by atoms with Gasteiger partial charge in [-0.2, -0.15) is 4.98 Å². The number of aromatic nitrogens is 5. The van der Waals surface area contributed by atoms with Crippen LogP contribution in [0.15, 0.2) is 29.0 Å². The van der Waals surface area contributed by atoms with E-state index in [2.05, 4.69) is 35.7 Å². The first-order valence-corrected chi connectivity index (χ1v) is 11.0. The number of thiazole rings is 1. The number of carboxylic acid groups (broad SMARTS) is 1. The van der Waals surface area contributed by atoms with E-state index in [0.29, 0.717) is 41.2 Å². The van der Waals surface area contributed by atoms with Crippen molar-refractivity contribution in [3.8, 4) is 11.4 Å². The predicted octanol–water partition coefficient (Wildman–Crippen LogP) is 3.28. The molecule has 1 aliphatic carbocycles. The van der Waals surface area contributed by atoms with Crippen LogP contribution in [0, 0.1) is 19.8 Å². The lowest BCUT2D eigenvalue weighted by Gasteiger charge is -2.35. The lowest BCUT2D eigenvalue weighted by molar-refractivity contribution is -0.122. The SMILES string of the molecule is Cc1nc(-c2ccc3ncnc(NC4CC(C(=O)Nc5nc(C)c(C(=O)O)s5)C4)c3c2)no1. The third-order valence-electron chi connectivity index (χ3n) is 5.49. The Morgan fingerprint density at radius 3 is 2.70 bits per heavy atom. The topological polar surface area (TPSA) is 156 Å². The third-order valence-corrected chi connectivity index (χ3v) is 6.55. The number of anilines is 2. The van der Waals surface area contributed by atoms with Gasteiger partial charge in [0.2, 0.25) is 17.6 Å². The molecule has 3 aromatic heterocycles. The van der Waals surface area contributed by atoms with Gasteiger partial charge in [0.1, 0.15) is 17.0 Å². The molecule has 0 radical (unpaired) electrons. The highest BCUT2D eigenvalue weighted by molar-refractivity contribution is 7.17. The quantitative estimate of drug-likeness (QED) is 0.386. The van der Waals surface area contributed by atoms with Crippen molar-refractivity contribution in [3.05, 3.63) is 41.0 Å². The van der Waals surface area contributed by atoms with Gasteiger partial charge in [0, 0.05) is 29.8 Å². The number of aromatic carboxylic acids is 1. The maximum absolute atomic E-state index is 12.5. The normalized spacial score (nSPS) is 17.5. The molecule has 0 saturated heterocycles. The van der Waals surface area contributed by atoms with Crippen molar-refractivity contribution in [1.82, 2.24) is 25.1 Å². The van der Waals surface area contributed by atoms with Crippen molar-refractivity contribution in [3.63, 3.8) is 0 Å². The first-order chi connectivity index (χ1) is 15.9. The summed E-state index contributed by atoms with van der Waals surface area (Å²) in [5.41, 5.74) is 1.96. The molecule has 168 valence electrons. The number of nitrogens with one attached hydrogen (secondary N) is 2. The molecule has 0 aliphatic heterocycles. The Bertz CT molecular complexity index is 1380. The Kier molecular flexibility index (Phi) is 5.21. The maximum atomic E-state index is 12.5. The second kappa shape index (κ2) is 8.20. The van der Waals surface area contributed by atoms with Gasteiger partial charge in [-0.1, -0.05) is 16.5 Å². The van der Waals surface area contributed by atoms with Gasteiger partial charge in [-0.25, -0.2) is 19.7 Å². The van der Waals surface area contributed by atoms with Crippen LogP contribution in [-0.4, -0.2) is 48.1 Å². The van der Waals surface area contributed by atoms with Gasteiger partial charge in [0.15, 0.2) is 5.13 Å². The summed E-state index contributed by atoms with van der Waals surface area (Å²) < 4.78 is 5.07. The summed E-state index contributed by atoms with van der Waals surface area (Å²) in [5.74, 6) is 0.249. The molecule has 3 heterocycles. The number of carbonyl (C=O) groups excluding carboxylic acids is 1. The van der Waals surface area contributed by atoms with Crippen LogP contribution >= 0.6 is 11.3 Å². The number of carbonyl (C=O) groups is 2. The van der Waals surface area contributed by atoms with E-state index in [1.54, 1.807) is 13.8 Å². The van der Waals surface area contributed by atoms with E-state index in [-0.39, 0.29) is 22.7 Å². The second-order valence-electron chi connectivity index (χ2n) is 7.83. The van der Waals surface area contributed by atoms with Crippen molar-refractivity contribution < 1.29 is 19.2 Å². The largest absolute Gasteiger partial charge is 0.477 e. The molecule has 1 aliphatic rings. The smallest absolute Gasteiger partial charge is 0.347 e. The molecule has 5 rings (SSSR count). The number of rotatable bonds is 6. The minimum Gasteiger partial charge on any atom is -0.477 e. The van der Waals surface area contributed by atoms with Gasteiger partial charge in [-0.05, 0) is 38.0 Å². The molecule has 11 nitrogen and oxygen atoms in total. The zero-order valence-electron chi connectivity index (χ0n) is 17.7. The van der Waals surface area contributed by atoms with Crippen LogP contribution in [0.5, 0.6) is 0 Å². The van der Waals surface area contributed by atoms with E-state index in [4.69, 9.17) is 9.63 Å². The van der Waals surface area contributed by atoms with E-state index in [1.165, 1.54) is 6.33 Å². The average molecular weight is 465 g/mol. The van der Waals surface area contributed by atoms with E-state index >= 15 is 0 Å². The molecule has 4 aromatic rings. The van der Waals surface area contributed by atoms with Crippen LogP contribution in [0.4, 0.5) is 10.9 Å². The number of amides is 1. The molecule has 0 atom stereocenters. The maximum Gasteiger partial charge on any atom is 0.347 e. The summed E-state index contributed by atoms with van der Waals surface area (Å²) in [6, 6.07) is 5.74. The first kappa shape index (κ1) is 20.9. The van der Waals surface area contributed by atoms with E-state index < -0.39 is 5.97 Å². The van der Waals surface area contributed by atoms with E-state index in [0.717, 1.165) is 27.8 Å². The van der Waals surface area contributed by atoms with Gasteiger partial charge in [-0.15, -0.1) is 0 Å². The molecular weight excluding hydrogens is 446 g/mol. The zero-order chi connectivity index (χ0) is 23.1. The highest BCUT2D eigenvalue weighted by Gasteiger charge is 2.35. The molecule has 0 unspecified atom stereocenters. The zero-order valence-corrected chi connectivity index (χ0v) is 18.5. The molecule has 1 amide bonds. The molecule has 0 bridgehead atoms. The number of aryl methyl sites for hydroxylation is 2. The summed E-state index contributed by atoms with van der Waals surface area (Å²) in [6.07, 6.45) is 2.74. The monoisotopic (exact) mass is 465 g/mol. The fourth-order valence-corrected chi connectivity index (χ4v) is 4.53. The molecular formula is C21H19N7O4S.